The van der Waals surface area contributed by atoms with Gasteiger partial charge in [-0.1, -0.05) is 146 Å². The molecule has 0 aliphatic carbocycles. The average Bonchev–Trinajstić information content (AvgIpc) is 3.60. The molecular formula is C50H33NO. The molecule has 0 saturated heterocycles. The van der Waals surface area contributed by atoms with Gasteiger partial charge in [0.25, 0.3) is 0 Å². The lowest BCUT2D eigenvalue weighted by Gasteiger charge is -2.26. The van der Waals surface area contributed by atoms with Gasteiger partial charge in [-0.2, -0.15) is 0 Å². The Morgan fingerprint density at radius 2 is 0.885 bits per heavy atom. The van der Waals surface area contributed by atoms with E-state index in [0.717, 1.165) is 50.1 Å². The Hall–Kier alpha value is -6.90. The molecule has 244 valence electrons. The molecule has 10 rings (SSSR count). The fourth-order valence-electron chi connectivity index (χ4n) is 7.67. The monoisotopic (exact) mass is 663 g/mol. The molecule has 10 aromatic rings. The second-order valence-electron chi connectivity index (χ2n) is 13.3. The van der Waals surface area contributed by atoms with Crippen molar-refractivity contribution in [1.29, 1.82) is 0 Å². The molecule has 0 aliphatic heterocycles. The third-order valence-electron chi connectivity index (χ3n) is 10.2. The first-order valence-electron chi connectivity index (χ1n) is 17.8. The first-order valence-corrected chi connectivity index (χ1v) is 17.8. The molecule has 0 saturated carbocycles. The molecule has 0 amide bonds. The van der Waals surface area contributed by atoms with E-state index in [4.69, 9.17) is 4.42 Å². The predicted molar refractivity (Wildman–Crippen MR) is 220 cm³/mol. The molecular weight excluding hydrogens is 631 g/mol. The van der Waals surface area contributed by atoms with E-state index in [1.807, 2.05) is 6.07 Å². The number of fused-ring (bicyclic) bond motifs is 6. The summed E-state index contributed by atoms with van der Waals surface area (Å²) in [4.78, 5) is 2.35. The Morgan fingerprint density at radius 3 is 1.69 bits per heavy atom. The summed E-state index contributed by atoms with van der Waals surface area (Å²) in [6.07, 6.45) is 0. The van der Waals surface area contributed by atoms with Crippen molar-refractivity contribution in [1.82, 2.24) is 0 Å². The van der Waals surface area contributed by atoms with Crippen molar-refractivity contribution in [2.75, 3.05) is 4.90 Å². The summed E-state index contributed by atoms with van der Waals surface area (Å²) in [6, 6.07) is 71.7. The lowest BCUT2D eigenvalue weighted by molar-refractivity contribution is 0.669. The highest BCUT2D eigenvalue weighted by Crippen LogP contribution is 2.44. The lowest BCUT2D eigenvalue weighted by Crippen LogP contribution is -2.09. The van der Waals surface area contributed by atoms with Gasteiger partial charge in [-0.05, 0) is 110 Å². The second-order valence-corrected chi connectivity index (χ2v) is 13.3. The van der Waals surface area contributed by atoms with Gasteiger partial charge >= 0.3 is 0 Å². The third-order valence-corrected chi connectivity index (χ3v) is 10.2. The minimum atomic E-state index is 0.896. The van der Waals surface area contributed by atoms with E-state index in [9.17, 15) is 0 Å². The van der Waals surface area contributed by atoms with E-state index in [1.165, 1.54) is 43.8 Å². The van der Waals surface area contributed by atoms with E-state index >= 15 is 0 Å². The van der Waals surface area contributed by atoms with Gasteiger partial charge in [-0.25, -0.2) is 0 Å². The summed E-state index contributed by atoms with van der Waals surface area (Å²) in [6.45, 7) is 0. The van der Waals surface area contributed by atoms with Gasteiger partial charge in [0.1, 0.15) is 11.2 Å². The second kappa shape index (κ2) is 12.5. The summed E-state index contributed by atoms with van der Waals surface area (Å²) in [5, 5.41) is 7.13. The molecule has 2 nitrogen and oxygen atoms in total. The Morgan fingerprint density at radius 1 is 0.308 bits per heavy atom. The Balaban J connectivity index is 1.14. The van der Waals surface area contributed by atoms with E-state index in [1.54, 1.807) is 0 Å². The number of furan rings is 1. The van der Waals surface area contributed by atoms with Crippen LogP contribution in [0.4, 0.5) is 17.1 Å². The molecule has 0 bridgehead atoms. The summed E-state index contributed by atoms with van der Waals surface area (Å²) < 4.78 is 6.49. The normalized spacial score (nSPS) is 11.5. The number of anilines is 3. The minimum Gasteiger partial charge on any atom is -0.456 e. The number of nitrogens with zero attached hydrogens (tertiary/aromatic N) is 1. The van der Waals surface area contributed by atoms with Gasteiger partial charge in [0.2, 0.25) is 0 Å². The molecule has 2 heteroatoms. The van der Waals surface area contributed by atoms with Crippen molar-refractivity contribution in [2.24, 2.45) is 0 Å². The molecule has 0 atom stereocenters. The number of benzene rings is 9. The van der Waals surface area contributed by atoms with E-state index in [-0.39, 0.29) is 0 Å². The lowest BCUT2D eigenvalue weighted by atomic mass is 9.93. The van der Waals surface area contributed by atoms with Crippen molar-refractivity contribution in [3.05, 3.63) is 200 Å². The van der Waals surface area contributed by atoms with Crippen LogP contribution in [0.25, 0.3) is 76.9 Å². The van der Waals surface area contributed by atoms with Crippen LogP contribution in [0.1, 0.15) is 0 Å². The topological polar surface area (TPSA) is 16.4 Å². The highest BCUT2D eigenvalue weighted by atomic mass is 16.3. The molecule has 0 unspecified atom stereocenters. The van der Waals surface area contributed by atoms with Gasteiger partial charge < -0.3 is 9.32 Å². The predicted octanol–water partition coefficient (Wildman–Crippen LogP) is 14.4. The quantitative estimate of drug-likeness (QED) is 0.176. The molecule has 0 aliphatic rings. The largest absolute Gasteiger partial charge is 0.456 e. The maximum atomic E-state index is 6.49. The number of hydrogen-bond donors (Lipinski definition) is 0. The van der Waals surface area contributed by atoms with Crippen molar-refractivity contribution in [3.63, 3.8) is 0 Å². The molecule has 0 radical (unpaired) electrons. The van der Waals surface area contributed by atoms with Crippen LogP contribution < -0.4 is 4.90 Å². The minimum absolute atomic E-state index is 0.896. The summed E-state index contributed by atoms with van der Waals surface area (Å²) in [5.41, 5.74) is 12.2. The Kier molecular flexibility index (Phi) is 7.18. The van der Waals surface area contributed by atoms with Crippen LogP contribution in [0.3, 0.4) is 0 Å². The first kappa shape index (κ1) is 30.0. The third kappa shape index (κ3) is 5.21. The fraction of sp³-hybridized carbons (Fsp3) is 0. The van der Waals surface area contributed by atoms with Gasteiger partial charge in [0, 0.05) is 27.8 Å². The molecule has 0 fully saturated rings. The van der Waals surface area contributed by atoms with Crippen LogP contribution in [0, 0.1) is 0 Å². The fourth-order valence-corrected chi connectivity index (χ4v) is 7.67. The van der Waals surface area contributed by atoms with Gasteiger partial charge in [0.05, 0.1) is 0 Å². The number of para-hydroxylation sites is 2. The van der Waals surface area contributed by atoms with Crippen LogP contribution in [-0.4, -0.2) is 0 Å². The van der Waals surface area contributed by atoms with Crippen LogP contribution in [0.15, 0.2) is 205 Å². The molecule has 0 N–H and O–H groups in total. The zero-order valence-corrected chi connectivity index (χ0v) is 28.4. The average molecular weight is 664 g/mol. The van der Waals surface area contributed by atoms with Gasteiger partial charge in [-0.3, -0.25) is 0 Å². The summed E-state index contributed by atoms with van der Waals surface area (Å²) >= 11 is 0. The number of hydrogen-bond acceptors (Lipinski definition) is 2. The van der Waals surface area contributed by atoms with E-state index < -0.39 is 0 Å². The van der Waals surface area contributed by atoms with Crippen molar-refractivity contribution >= 4 is 60.5 Å². The molecule has 9 aromatic carbocycles. The molecule has 52 heavy (non-hydrogen) atoms. The van der Waals surface area contributed by atoms with Gasteiger partial charge in [0.15, 0.2) is 0 Å². The maximum Gasteiger partial charge on any atom is 0.136 e. The van der Waals surface area contributed by atoms with Crippen molar-refractivity contribution in [3.8, 4) is 33.4 Å². The number of rotatable bonds is 6. The highest BCUT2D eigenvalue weighted by molar-refractivity contribution is 6.22. The highest BCUT2D eigenvalue weighted by Gasteiger charge is 2.19. The zero-order valence-electron chi connectivity index (χ0n) is 28.4. The standard InChI is InChI=1S/C50H33NO/c1-3-11-34(12-4-1)36-19-22-38(23-20-36)46-33-49-50(45-17-9-10-18-48(45)52-49)44-30-29-43(32-47(44)46)51(41-15-5-2-6-16-41)42-27-25-37(26-28-42)40-24-21-35-13-7-8-14-39(35)31-40/h1-33H. The smallest absolute Gasteiger partial charge is 0.136 e. The molecule has 1 heterocycles. The Labute approximate surface area is 302 Å². The van der Waals surface area contributed by atoms with Crippen LogP contribution in [0.2, 0.25) is 0 Å². The zero-order chi connectivity index (χ0) is 34.4. The van der Waals surface area contributed by atoms with Crippen molar-refractivity contribution < 1.29 is 4.42 Å². The van der Waals surface area contributed by atoms with Gasteiger partial charge in [-0.15, -0.1) is 0 Å². The van der Waals surface area contributed by atoms with Crippen LogP contribution in [-0.2, 0) is 0 Å². The summed E-state index contributed by atoms with van der Waals surface area (Å²) in [7, 11) is 0. The summed E-state index contributed by atoms with van der Waals surface area (Å²) in [5.74, 6) is 0. The molecule has 0 spiro atoms. The first-order chi connectivity index (χ1) is 25.8. The van der Waals surface area contributed by atoms with Crippen LogP contribution in [0.5, 0.6) is 0 Å². The molecule has 1 aromatic heterocycles. The SMILES string of the molecule is c1ccc(-c2ccc(-c3cc4oc5ccccc5c4c4ccc(N(c5ccccc5)c5ccc(-c6ccc7ccccc7c6)cc5)cc34)cc2)cc1. The van der Waals surface area contributed by atoms with Crippen molar-refractivity contribution in [2.45, 2.75) is 0 Å². The maximum absolute atomic E-state index is 6.49. The van der Waals surface area contributed by atoms with E-state index in [2.05, 4.69) is 199 Å². The van der Waals surface area contributed by atoms with E-state index in [0.29, 0.717) is 0 Å². The van der Waals surface area contributed by atoms with Crippen LogP contribution >= 0.6 is 0 Å². The Bertz CT molecular complexity index is 2870.